The zero-order valence-corrected chi connectivity index (χ0v) is 9.28. The molecular formula is C9H12ClN3O2. The van der Waals surface area contributed by atoms with Crippen LogP contribution in [0, 0.1) is 16.0 Å². The highest BCUT2D eigenvalue weighted by Crippen LogP contribution is 2.24. The van der Waals surface area contributed by atoms with Crippen molar-refractivity contribution in [1.29, 1.82) is 0 Å². The number of rotatable bonds is 4. The first-order valence-corrected chi connectivity index (χ1v) is 4.92. The van der Waals surface area contributed by atoms with Gasteiger partial charge in [0.15, 0.2) is 0 Å². The van der Waals surface area contributed by atoms with E-state index in [1.165, 1.54) is 12.3 Å². The van der Waals surface area contributed by atoms with Gasteiger partial charge in [0, 0.05) is 18.8 Å². The van der Waals surface area contributed by atoms with Crippen molar-refractivity contribution in [2.45, 2.75) is 13.8 Å². The summed E-state index contributed by atoms with van der Waals surface area (Å²) in [6.45, 7) is 4.65. The third-order valence-corrected chi connectivity index (χ3v) is 1.92. The van der Waals surface area contributed by atoms with Crippen LogP contribution in [0.25, 0.3) is 0 Å². The number of nitro groups is 1. The number of pyridine rings is 1. The van der Waals surface area contributed by atoms with Crippen molar-refractivity contribution >= 4 is 23.1 Å². The Balaban J connectivity index is 2.91. The average Bonchev–Trinajstić information content (AvgIpc) is 2.15. The second kappa shape index (κ2) is 4.93. The smallest absolute Gasteiger partial charge is 0.312 e. The Kier molecular flexibility index (Phi) is 3.85. The van der Waals surface area contributed by atoms with Gasteiger partial charge in [0.2, 0.25) is 5.82 Å². The van der Waals surface area contributed by atoms with E-state index in [1.54, 1.807) is 0 Å². The summed E-state index contributed by atoms with van der Waals surface area (Å²) < 4.78 is 0. The monoisotopic (exact) mass is 229 g/mol. The molecule has 1 aromatic rings. The zero-order valence-electron chi connectivity index (χ0n) is 8.53. The van der Waals surface area contributed by atoms with Gasteiger partial charge in [-0.15, -0.1) is 0 Å². The minimum atomic E-state index is -0.498. The van der Waals surface area contributed by atoms with Gasteiger partial charge >= 0.3 is 5.69 Å². The summed E-state index contributed by atoms with van der Waals surface area (Å²) in [5, 5.41) is 13.9. The van der Waals surface area contributed by atoms with Crippen molar-refractivity contribution < 1.29 is 4.92 Å². The Morgan fingerprint density at radius 1 is 1.67 bits per heavy atom. The molecule has 0 aliphatic rings. The molecule has 1 rings (SSSR count). The van der Waals surface area contributed by atoms with Gasteiger partial charge in [-0.2, -0.15) is 0 Å². The Bertz CT molecular complexity index is 368. The predicted octanol–water partition coefficient (Wildman–Crippen LogP) is 2.71. The maximum Gasteiger partial charge on any atom is 0.312 e. The number of nitrogens with one attached hydrogen (secondary N) is 1. The molecule has 15 heavy (non-hydrogen) atoms. The molecule has 0 fully saturated rings. The summed E-state index contributed by atoms with van der Waals surface area (Å²) in [6.07, 6.45) is 1.39. The van der Waals surface area contributed by atoms with E-state index < -0.39 is 4.92 Å². The second-order valence-corrected chi connectivity index (χ2v) is 3.99. The van der Waals surface area contributed by atoms with Gasteiger partial charge in [-0.05, 0) is 5.92 Å². The summed E-state index contributed by atoms with van der Waals surface area (Å²) in [5.74, 6) is 0.653. The molecule has 1 aromatic heterocycles. The van der Waals surface area contributed by atoms with Crippen LogP contribution in [0.1, 0.15) is 13.8 Å². The molecule has 0 unspecified atom stereocenters. The lowest BCUT2D eigenvalue weighted by Gasteiger charge is -2.08. The Morgan fingerprint density at radius 3 is 2.87 bits per heavy atom. The molecule has 0 aliphatic heterocycles. The van der Waals surface area contributed by atoms with E-state index in [9.17, 15) is 10.1 Å². The lowest BCUT2D eigenvalue weighted by atomic mass is 10.2. The molecule has 82 valence electrons. The summed E-state index contributed by atoms with van der Waals surface area (Å²) in [6, 6.07) is 1.29. The fourth-order valence-electron chi connectivity index (χ4n) is 1.00. The molecule has 0 bridgehead atoms. The first-order valence-electron chi connectivity index (χ1n) is 4.54. The van der Waals surface area contributed by atoms with E-state index in [0.717, 1.165) is 0 Å². The molecule has 6 heteroatoms. The number of halogens is 1. The van der Waals surface area contributed by atoms with Gasteiger partial charge in [-0.25, -0.2) is 4.98 Å². The van der Waals surface area contributed by atoms with Gasteiger partial charge in [-0.3, -0.25) is 10.1 Å². The van der Waals surface area contributed by atoms with E-state index in [1.807, 2.05) is 13.8 Å². The topological polar surface area (TPSA) is 68.1 Å². The molecule has 0 saturated heterocycles. The molecule has 0 amide bonds. The molecule has 0 aliphatic carbocycles. The molecule has 0 radical (unpaired) electrons. The number of aromatic nitrogens is 1. The van der Waals surface area contributed by atoms with E-state index >= 15 is 0 Å². The van der Waals surface area contributed by atoms with Gasteiger partial charge in [0.05, 0.1) is 9.95 Å². The maximum absolute atomic E-state index is 10.7. The van der Waals surface area contributed by atoms with E-state index in [0.29, 0.717) is 12.5 Å². The van der Waals surface area contributed by atoms with Crippen molar-refractivity contribution in [2.24, 2.45) is 5.92 Å². The number of hydrogen-bond donors (Lipinski definition) is 1. The van der Waals surface area contributed by atoms with Crippen molar-refractivity contribution in [3.63, 3.8) is 0 Å². The van der Waals surface area contributed by atoms with Gasteiger partial charge in [0.25, 0.3) is 0 Å². The molecule has 1 N–H and O–H groups in total. The van der Waals surface area contributed by atoms with Crippen LogP contribution in [0.2, 0.25) is 5.02 Å². The highest BCUT2D eigenvalue weighted by molar-refractivity contribution is 6.30. The van der Waals surface area contributed by atoms with Crippen LogP contribution in [0.3, 0.4) is 0 Å². The van der Waals surface area contributed by atoms with Crippen LogP contribution < -0.4 is 5.32 Å². The first kappa shape index (κ1) is 11.7. The first-order chi connectivity index (χ1) is 7.00. The second-order valence-electron chi connectivity index (χ2n) is 3.55. The standard InChI is InChI=1S/C9H12ClN3O2/c1-6(2)4-11-9-8(13(14)15)3-7(10)5-12-9/h3,5-6H,4H2,1-2H3,(H,11,12). The number of hydrogen-bond acceptors (Lipinski definition) is 4. The van der Waals surface area contributed by atoms with Crippen LogP contribution in [0.15, 0.2) is 12.3 Å². The van der Waals surface area contributed by atoms with Crippen molar-refractivity contribution in [1.82, 2.24) is 4.98 Å². The lowest BCUT2D eigenvalue weighted by molar-refractivity contribution is -0.384. The Hall–Kier alpha value is -1.36. The van der Waals surface area contributed by atoms with Crippen LogP contribution >= 0.6 is 11.6 Å². The van der Waals surface area contributed by atoms with E-state index in [-0.39, 0.29) is 16.5 Å². The molecular weight excluding hydrogens is 218 g/mol. The largest absolute Gasteiger partial charge is 0.364 e. The van der Waals surface area contributed by atoms with Crippen LogP contribution in [-0.4, -0.2) is 16.5 Å². The third kappa shape index (κ3) is 3.36. The van der Waals surface area contributed by atoms with Crippen molar-refractivity contribution in [3.8, 4) is 0 Å². The predicted molar refractivity (Wildman–Crippen MR) is 59.2 cm³/mol. The summed E-state index contributed by atoms with van der Waals surface area (Å²) in [7, 11) is 0. The highest BCUT2D eigenvalue weighted by atomic mass is 35.5. The zero-order chi connectivity index (χ0) is 11.4. The third-order valence-electron chi connectivity index (χ3n) is 1.71. The quantitative estimate of drug-likeness (QED) is 0.637. The van der Waals surface area contributed by atoms with Crippen LogP contribution in [0.5, 0.6) is 0 Å². The Labute approximate surface area is 92.6 Å². The van der Waals surface area contributed by atoms with Gasteiger partial charge in [0.1, 0.15) is 0 Å². The minimum Gasteiger partial charge on any atom is -0.364 e. The van der Waals surface area contributed by atoms with E-state index in [2.05, 4.69) is 10.3 Å². The average molecular weight is 230 g/mol. The van der Waals surface area contributed by atoms with Crippen LogP contribution in [-0.2, 0) is 0 Å². The maximum atomic E-state index is 10.7. The summed E-state index contributed by atoms with van der Waals surface area (Å²) in [5.41, 5.74) is -0.0943. The van der Waals surface area contributed by atoms with Crippen LogP contribution in [0.4, 0.5) is 11.5 Å². The minimum absolute atomic E-state index is 0.0943. The fourth-order valence-corrected chi connectivity index (χ4v) is 1.16. The fraction of sp³-hybridized carbons (Fsp3) is 0.444. The lowest BCUT2D eigenvalue weighted by Crippen LogP contribution is -2.10. The van der Waals surface area contributed by atoms with E-state index in [4.69, 9.17) is 11.6 Å². The van der Waals surface area contributed by atoms with Gasteiger partial charge < -0.3 is 5.32 Å². The molecule has 0 saturated carbocycles. The number of nitrogens with zero attached hydrogens (tertiary/aromatic N) is 2. The van der Waals surface area contributed by atoms with Crippen molar-refractivity contribution in [2.75, 3.05) is 11.9 Å². The SMILES string of the molecule is CC(C)CNc1ncc(Cl)cc1[N+](=O)[O-]. The normalized spacial score (nSPS) is 10.4. The molecule has 5 nitrogen and oxygen atoms in total. The molecule has 1 heterocycles. The molecule has 0 aromatic carbocycles. The Morgan fingerprint density at radius 2 is 2.33 bits per heavy atom. The summed E-state index contributed by atoms with van der Waals surface area (Å²) in [4.78, 5) is 14.1. The number of anilines is 1. The molecule has 0 atom stereocenters. The van der Waals surface area contributed by atoms with Crippen molar-refractivity contribution in [3.05, 3.63) is 27.4 Å². The molecule has 0 spiro atoms. The summed E-state index contributed by atoms with van der Waals surface area (Å²) >= 11 is 5.63. The highest BCUT2D eigenvalue weighted by Gasteiger charge is 2.15. The van der Waals surface area contributed by atoms with Gasteiger partial charge in [-0.1, -0.05) is 25.4 Å².